The van der Waals surface area contributed by atoms with Gasteiger partial charge in [0.15, 0.2) is 0 Å². The van der Waals surface area contributed by atoms with E-state index in [-0.39, 0.29) is 18.1 Å². The molecule has 1 amide bonds. The minimum Gasteiger partial charge on any atom is -0.379 e. The number of ether oxygens (including phenoxy) is 1. The van der Waals surface area contributed by atoms with E-state index in [0.29, 0.717) is 12.5 Å². The van der Waals surface area contributed by atoms with E-state index in [1.807, 2.05) is 0 Å². The fourth-order valence-electron chi connectivity index (χ4n) is 2.13. The Morgan fingerprint density at radius 2 is 2.19 bits per heavy atom. The number of hydrogen-bond donors (Lipinski definition) is 2. The third-order valence-electron chi connectivity index (χ3n) is 3.01. The molecule has 1 rings (SSSR count). The van der Waals surface area contributed by atoms with E-state index in [1.165, 1.54) is 0 Å². The van der Waals surface area contributed by atoms with Crippen LogP contribution in [-0.2, 0) is 9.53 Å². The lowest BCUT2D eigenvalue weighted by atomic mass is 10.2. The molecule has 4 nitrogen and oxygen atoms in total. The van der Waals surface area contributed by atoms with Gasteiger partial charge in [0.05, 0.1) is 12.1 Å². The summed E-state index contributed by atoms with van der Waals surface area (Å²) in [5.41, 5.74) is 0. The molecule has 0 saturated heterocycles. The van der Waals surface area contributed by atoms with Gasteiger partial charge in [-0.1, -0.05) is 13.8 Å². The monoisotopic (exact) mass is 228 g/mol. The molecule has 0 aromatic heterocycles. The lowest BCUT2D eigenvalue weighted by Crippen LogP contribution is -2.41. The predicted molar refractivity (Wildman–Crippen MR) is 64.3 cm³/mol. The highest BCUT2D eigenvalue weighted by Gasteiger charge is 2.27. The molecule has 94 valence electrons. The number of carbonyl (C=O) groups is 1. The highest BCUT2D eigenvalue weighted by atomic mass is 16.5. The molecular weight excluding hydrogens is 204 g/mol. The number of nitrogens with one attached hydrogen (secondary N) is 2. The molecule has 2 unspecified atom stereocenters. The Hall–Kier alpha value is -0.610. The van der Waals surface area contributed by atoms with Gasteiger partial charge in [-0.25, -0.2) is 0 Å². The third kappa shape index (κ3) is 4.49. The molecule has 0 radical (unpaired) electrons. The smallest absolute Gasteiger partial charge is 0.221 e. The zero-order valence-electron chi connectivity index (χ0n) is 10.6. The van der Waals surface area contributed by atoms with Crippen molar-refractivity contribution in [3.05, 3.63) is 0 Å². The lowest BCUT2D eigenvalue weighted by Gasteiger charge is -2.19. The van der Waals surface area contributed by atoms with Crippen molar-refractivity contribution >= 4 is 5.91 Å². The molecule has 1 aliphatic rings. The number of rotatable bonds is 6. The summed E-state index contributed by atoms with van der Waals surface area (Å²) < 4.78 is 5.34. The zero-order chi connectivity index (χ0) is 12.0. The van der Waals surface area contributed by atoms with Crippen LogP contribution in [0.3, 0.4) is 0 Å². The third-order valence-corrected chi connectivity index (χ3v) is 3.01. The van der Waals surface area contributed by atoms with E-state index in [4.69, 9.17) is 4.74 Å². The summed E-state index contributed by atoms with van der Waals surface area (Å²) in [6.07, 6.45) is 4.01. The van der Waals surface area contributed by atoms with E-state index in [0.717, 1.165) is 25.8 Å². The summed E-state index contributed by atoms with van der Waals surface area (Å²) in [6, 6.07) is 0.655. The van der Waals surface area contributed by atoms with Crippen LogP contribution in [0.1, 0.15) is 39.5 Å². The van der Waals surface area contributed by atoms with Crippen LogP contribution in [0, 0.1) is 0 Å². The highest BCUT2D eigenvalue weighted by Crippen LogP contribution is 2.21. The average Bonchev–Trinajstić information content (AvgIpc) is 2.64. The summed E-state index contributed by atoms with van der Waals surface area (Å²) >= 11 is 0. The second-order valence-electron chi connectivity index (χ2n) is 4.74. The molecule has 1 fully saturated rings. The summed E-state index contributed by atoms with van der Waals surface area (Å²) in [5.74, 6) is 0.127. The highest BCUT2D eigenvalue weighted by molar-refractivity contribution is 5.76. The standard InChI is InChI=1S/C12H24N2O2/c1-9(2)13-8-7-12(15)14-10-5-4-6-11(10)16-3/h9-11,13H,4-8H2,1-3H3,(H,14,15). The number of carbonyl (C=O) groups excluding carboxylic acids is 1. The van der Waals surface area contributed by atoms with Crippen molar-refractivity contribution in [1.82, 2.24) is 10.6 Å². The number of hydrogen-bond acceptors (Lipinski definition) is 3. The second kappa shape index (κ2) is 6.86. The summed E-state index contributed by atoms with van der Waals surface area (Å²) in [5, 5.41) is 6.28. The Kier molecular flexibility index (Phi) is 5.77. The van der Waals surface area contributed by atoms with E-state index in [2.05, 4.69) is 24.5 Å². The maximum Gasteiger partial charge on any atom is 0.221 e. The Bertz CT molecular complexity index is 219. The fraction of sp³-hybridized carbons (Fsp3) is 0.917. The van der Waals surface area contributed by atoms with E-state index in [9.17, 15) is 4.79 Å². The first-order valence-corrected chi connectivity index (χ1v) is 6.19. The Labute approximate surface area is 98.1 Å². The van der Waals surface area contributed by atoms with Crippen LogP contribution < -0.4 is 10.6 Å². The van der Waals surface area contributed by atoms with E-state index < -0.39 is 0 Å². The first kappa shape index (κ1) is 13.5. The summed E-state index contributed by atoms with van der Waals surface area (Å²) in [7, 11) is 1.72. The maximum atomic E-state index is 11.6. The van der Waals surface area contributed by atoms with Gasteiger partial charge in [-0.05, 0) is 19.3 Å². The van der Waals surface area contributed by atoms with Gasteiger partial charge < -0.3 is 15.4 Å². The van der Waals surface area contributed by atoms with Crippen LogP contribution in [0.4, 0.5) is 0 Å². The molecule has 4 heteroatoms. The Balaban J connectivity index is 2.18. The minimum atomic E-state index is 0.127. The van der Waals surface area contributed by atoms with Gasteiger partial charge in [0, 0.05) is 26.1 Å². The fourth-order valence-corrected chi connectivity index (χ4v) is 2.13. The van der Waals surface area contributed by atoms with Gasteiger partial charge in [-0.3, -0.25) is 4.79 Å². The second-order valence-corrected chi connectivity index (χ2v) is 4.74. The SMILES string of the molecule is COC1CCCC1NC(=O)CCNC(C)C. The minimum absolute atomic E-state index is 0.127. The predicted octanol–water partition coefficient (Wildman–Crippen LogP) is 1.06. The lowest BCUT2D eigenvalue weighted by molar-refractivity contribution is -0.122. The molecule has 0 spiro atoms. The normalized spacial score (nSPS) is 25.0. The largest absolute Gasteiger partial charge is 0.379 e. The first-order chi connectivity index (χ1) is 7.63. The first-order valence-electron chi connectivity index (χ1n) is 6.19. The van der Waals surface area contributed by atoms with Crippen molar-refractivity contribution in [3.8, 4) is 0 Å². The molecule has 0 heterocycles. The summed E-state index contributed by atoms with van der Waals surface area (Å²) in [6.45, 7) is 4.90. The topological polar surface area (TPSA) is 50.4 Å². The number of amides is 1. The average molecular weight is 228 g/mol. The molecule has 2 atom stereocenters. The van der Waals surface area contributed by atoms with Crippen LogP contribution >= 0.6 is 0 Å². The van der Waals surface area contributed by atoms with Crippen LogP contribution in [0.5, 0.6) is 0 Å². The van der Waals surface area contributed by atoms with Crippen LogP contribution in [0.25, 0.3) is 0 Å². The van der Waals surface area contributed by atoms with Crippen LogP contribution in [0.2, 0.25) is 0 Å². The number of methoxy groups -OCH3 is 1. The molecule has 16 heavy (non-hydrogen) atoms. The molecule has 1 saturated carbocycles. The summed E-state index contributed by atoms with van der Waals surface area (Å²) in [4.78, 5) is 11.6. The van der Waals surface area contributed by atoms with Gasteiger partial charge in [0.1, 0.15) is 0 Å². The van der Waals surface area contributed by atoms with Crippen LogP contribution in [-0.4, -0.2) is 37.7 Å². The van der Waals surface area contributed by atoms with Crippen molar-refractivity contribution in [2.75, 3.05) is 13.7 Å². The van der Waals surface area contributed by atoms with E-state index in [1.54, 1.807) is 7.11 Å². The van der Waals surface area contributed by atoms with Crippen molar-refractivity contribution in [2.24, 2.45) is 0 Å². The van der Waals surface area contributed by atoms with Gasteiger partial charge in [-0.2, -0.15) is 0 Å². The zero-order valence-corrected chi connectivity index (χ0v) is 10.6. The van der Waals surface area contributed by atoms with Crippen molar-refractivity contribution < 1.29 is 9.53 Å². The molecule has 1 aliphatic carbocycles. The van der Waals surface area contributed by atoms with Crippen molar-refractivity contribution in [2.45, 2.75) is 57.7 Å². The quantitative estimate of drug-likeness (QED) is 0.714. The van der Waals surface area contributed by atoms with E-state index >= 15 is 0 Å². The van der Waals surface area contributed by atoms with Gasteiger partial charge >= 0.3 is 0 Å². The van der Waals surface area contributed by atoms with Gasteiger partial charge in [-0.15, -0.1) is 0 Å². The van der Waals surface area contributed by atoms with Gasteiger partial charge in [0.2, 0.25) is 5.91 Å². The molecule has 2 N–H and O–H groups in total. The van der Waals surface area contributed by atoms with Gasteiger partial charge in [0.25, 0.3) is 0 Å². The van der Waals surface area contributed by atoms with Crippen LogP contribution in [0.15, 0.2) is 0 Å². The Morgan fingerprint density at radius 1 is 1.44 bits per heavy atom. The van der Waals surface area contributed by atoms with Crippen molar-refractivity contribution in [1.29, 1.82) is 0 Å². The molecule has 0 bridgehead atoms. The molecular formula is C12H24N2O2. The molecule has 0 aliphatic heterocycles. The molecule has 0 aromatic rings. The Morgan fingerprint density at radius 3 is 2.81 bits per heavy atom. The molecule has 0 aromatic carbocycles. The maximum absolute atomic E-state index is 11.6. The van der Waals surface area contributed by atoms with Crippen molar-refractivity contribution in [3.63, 3.8) is 0 Å².